The minimum absolute atomic E-state index is 0.0586. The molecule has 2 saturated heterocycles. The molecule has 3 aliphatic rings. The Bertz CT molecular complexity index is 621. The van der Waals surface area contributed by atoms with E-state index in [0.717, 1.165) is 44.1 Å². The second kappa shape index (κ2) is 5.44. The van der Waals surface area contributed by atoms with Gasteiger partial charge < -0.3 is 16.0 Å². The number of carbonyl (C=O) groups is 1. The Morgan fingerprint density at radius 3 is 3.09 bits per heavy atom. The maximum absolute atomic E-state index is 11.5. The van der Waals surface area contributed by atoms with Crippen molar-refractivity contribution in [2.45, 2.75) is 38.1 Å². The van der Waals surface area contributed by atoms with Crippen molar-refractivity contribution in [2.75, 3.05) is 24.5 Å². The number of nitrogens with one attached hydrogen (secondary N) is 1. The molecule has 3 unspecified atom stereocenters. The summed E-state index contributed by atoms with van der Waals surface area (Å²) in [7, 11) is 0. The largest absolute Gasteiger partial charge is 0.369 e. The van der Waals surface area contributed by atoms with Crippen LogP contribution in [0.3, 0.4) is 0 Å². The Morgan fingerprint density at radius 2 is 2.30 bits per heavy atom. The van der Waals surface area contributed by atoms with E-state index in [9.17, 15) is 4.79 Å². The molecule has 4 atom stereocenters. The number of amides is 1. The normalized spacial score (nSPS) is 36.4. The molecular formula is C17H25N5O. The van der Waals surface area contributed by atoms with Gasteiger partial charge in [-0.25, -0.2) is 9.97 Å². The number of anilines is 1. The van der Waals surface area contributed by atoms with Gasteiger partial charge in [0.15, 0.2) is 0 Å². The first-order valence-corrected chi connectivity index (χ1v) is 8.66. The molecule has 2 aliphatic heterocycles. The van der Waals surface area contributed by atoms with E-state index in [4.69, 9.17) is 5.73 Å². The summed E-state index contributed by atoms with van der Waals surface area (Å²) in [5.41, 5.74) is 5.72. The third-order valence-corrected chi connectivity index (χ3v) is 6.00. The zero-order valence-corrected chi connectivity index (χ0v) is 13.7. The quantitative estimate of drug-likeness (QED) is 0.864. The lowest BCUT2D eigenvalue weighted by atomic mass is 9.86. The first-order chi connectivity index (χ1) is 11.1. The minimum atomic E-state index is -0.124. The maximum Gasteiger partial charge on any atom is 0.220 e. The van der Waals surface area contributed by atoms with E-state index in [-0.39, 0.29) is 17.4 Å². The summed E-state index contributed by atoms with van der Waals surface area (Å²) in [4.78, 5) is 22.6. The van der Waals surface area contributed by atoms with E-state index in [0.29, 0.717) is 11.8 Å². The number of carbonyl (C=O) groups excluding carboxylic acids is 1. The predicted octanol–water partition coefficient (Wildman–Crippen LogP) is 0.855. The van der Waals surface area contributed by atoms with E-state index in [2.05, 4.69) is 20.2 Å². The number of nitrogens with two attached hydrogens (primary N) is 1. The highest BCUT2D eigenvalue weighted by atomic mass is 16.1. The molecule has 4 rings (SSSR count). The van der Waals surface area contributed by atoms with Crippen LogP contribution in [0.15, 0.2) is 12.3 Å². The lowest BCUT2D eigenvalue weighted by molar-refractivity contribution is -0.123. The average Bonchev–Trinajstić information content (AvgIpc) is 3.00. The van der Waals surface area contributed by atoms with Crippen molar-refractivity contribution in [3.8, 4) is 0 Å². The number of aromatic nitrogens is 2. The maximum atomic E-state index is 11.5. The first-order valence-electron chi connectivity index (χ1n) is 8.66. The van der Waals surface area contributed by atoms with Gasteiger partial charge >= 0.3 is 0 Å². The molecule has 3 N–H and O–H groups in total. The zero-order chi connectivity index (χ0) is 16.0. The molecule has 0 bridgehead atoms. The van der Waals surface area contributed by atoms with Crippen LogP contribution in [-0.4, -0.2) is 41.0 Å². The van der Waals surface area contributed by atoms with Crippen molar-refractivity contribution in [1.82, 2.24) is 15.3 Å². The summed E-state index contributed by atoms with van der Waals surface area (Å²) in [5.74, 6) is 3.17. The van der Waals surface area contributed by atoms with Crippen LogP contribution < -0.4 is 16.0 Å². The topological polar surface area (TPSA) is 84.1 Å². The van der Waals surface area contributed by atoms with Crippen molar-refractivity contribution in [3.05, 3.63) is 18.1 Å². The highest BCUT2D eigenvalue weighted by molar-refractivity contribution is 5.77. The van der Waals surface area contributed by atoms with Crippen molar-refractivity contribution in [1.29, 1.82) is 0 Å². The molecule has 1 saturated carbocycles. The average molecular weight is 315 g/mol. The number of hydrogen-bond acceptors (Lipinski definition) is 5. The number of rotatable bonds is 3. The van der Waals surface area contributed by atoms with Gasteiger partial charge in [-0.15, -0.1) is 0 Å². The smallest absolute Gasteiger partial charge is 0.220 e. The van der Waals surface area contributed by atoms with Gasteiger partial charge in [-0.2, -0.15) is 0 Å². The summed E-state index contributed by atoms with van der Waals surface area (Å²) in [6.07, 6.45) is 6.05. The molecule has 6 nitrogen and oxygen atoms in total. The Balaban J connectivity index is 1.41. The SMILES string of the molecule is Cc1nccc(N2CC[C@H](C3CC34CC(C(N)=O)CCN4)C2)n1. The number of primary amides is 1. The molecule has 1 spiro atoms. The molecular weight excluding hydrogens is 290 g/mol. The Kier molecular flexibility index (Phi) is 3.52. The fraction of sp³-hybridized carbons (Fsp3) is 0.706. The van der Waals surface area contributed by atoms with Crippen LogP contribution in [-0.2, 0) is 4.79 Å². The summed E-state index contributed by atoms with van der Waals surface area (Å²) in [5, 5.41) is 3.69. The number of piperidine rings is 1. The van der Waals surface area contributed by atoms with Gasteiger partial charge in [-0.1, -0.05) is 0 Å². The first kappa shape index (κ1) is 14.9. The van der Waals surface area contributed by atoms with E-state index in [1.165, 1.54) is 12.8 Å². The van der Waals surface area contributed by atoms with E-state index < -0.39 is 0 Å². The second-order valence-electron chi connectivity index (χ2n) is 7.44. The molecule has 3 heterocycles. The molecule has 3 fully saturated rings. The molecule has 0 radical (unpaired) electrons. The highest BCUT2D eigenvalue weighted by Crippen LogP contribution is 2.55. The minimum Gasteiger partial charge on any atom is -0.369 e. The molecule has 1 aliphatic carbocycles. The molecule has 1 aromatic heterocycles. The van der Waals surface area contributed by atoms with Gasteiger partial charge in [0, 0.05) is 30.7 Å². The van der Waals surface area contributed by atoms with Crippen molar-refractivity contribution < 1.29 is 4.79 Å². The summed E-state index contributed by atoms with van der Waals surface area (Å²) in [6.45, 7) is 4.98. The van der Waals surface area contributed by atoms with Crippen molar-refractivity contribution in [2.24, 2.45) is 23.5 Å². The summed E-state index contributed by atoms with van der Waals surface area (Å²) < 4.78 is 0. The monoisotopic (exact) mass is 315 g/mol. The lowest BCUT2D eigenvalue weighted by Gasteiger charge is -2.31. The number of aryl methyl sites for hydroxylation is 1. The van der Waals surface area contributed by atoms with Crippen LogP contribution in [0.1, 0.15) is 31.5 Å². The van der Waals surface area contributed by atoms with Gasteiger partial charge in [-0.05, 0) is 57.1 Å². The second-order valence-corrected chi connectivity index (χ2v) is 7.44. The van der Waals surface area contributed by atoms with Crippen molar-refractivity contribution in [3.63, 3.8) is 0 Å². The number of hydrogen-bond donors (Lipinski definition) is 2. The third-order valence-electron chi connectivity index (χ3n) is 6.00. The number of nitrogens with zero attached hydrogens (tertiary/aromatic N) is 3. The Morgan fingerprint density at radius 1 is 1.43 bits per heavy atom. The van der Waals surface area contributed by atoms with Crippen LogP contribution >= 0.6 is 0 Å². The molecule has 1 aromatic rings. The van der Waals surface area contributed by atoms with Gasteiger partial charge in [0.25, 0.3) is 0 Å². The fourth-order valence-corrected chi connectivity index (χ4v) is 4.69. The van der Waals surface area contributed by atoms with Crippen LogP contribution in [0.5, 0.6) is 0 Å². The summed E-state index contributed by atoms with van der Waals surface area (Å²) >= 11 is 0. The van der Waals surface area contributed by atoms with E-state index in [1.54, 1.807) is 0 Å². The molecule has 0 aromatic carbocycles. The lowest BCUT2D eigenvalue weighted by Crippen LogP contribution is -2.46. The standard InChI is InChI=1S/C17H25N5O/c1-11-19-5-3-15(21-11)22-7-4-13(10-22)14-9-17(14)8-12(16(18)23)2-6-20-17/h3,5,12-14,20H,2,4,6-10H2,1H3,(H2,18,23)/t12?,13-,14?,17?/m0/s1. The molecule has 124 valence electrons. The summed E-state index contributed by atoms with van der Waals surface area (Å²) in [6, 6.07) is 2.00. The van der Waals surface area contributed by atoms with Crippen LogP contribution in [0, 0.1) is 24.7 Å². The highest BCUT2D eigenvalue weighted by Gasteiger charge is 2.59. The fourth-order valence-electron chi connectivity index (χ4n) is 4.69. The van der Waals surface area contributed by atoms with E-state index in [1.807, 2.05) is 19.2 Å². The molecule has 6 heteroatoms. The van der Waals surface area contributed by atoms with Gasteiger partial charge in [0.05, 0.1) is 0 Å². The third kappa shape index (κ3) is 2.69. The van der Waals surface area contributed by atoms with Crippen LogP contribution in [0.4, 0.5) is 5.82 Å². The van der Waals surface area contributed by atoms with Crippen LogP contribution in [0.2, 0.25) is 0 Å². The molecule has 1 amide bonds. The van der Waals surface area contributed by atoms with Crippen LogP contribution in [0.25, 0.3) is 0 Å². The van der Waals surface area contributed by atoms with Gasteiger partial charge in [0.1, 0.15) is 11.6 Å². The Labute approximate surface area is 136 Å². The van der Waals surface area contributed by atoms with Gasteiger partial charge in [0.2, 0.25) is 5.91 Å². The zero-order valence-electron chi connectivity index (χ0n) is 13.7. The predicted molar refractivity (Wildman–Crippen MR) is 87.8 cm³/mol. The van der Waals surface area contributed by atoms with Gasteiger partial charge in [-0.3, -0.25) is 4.79 Å². The van der Waals surface area contributed by atoms with Crippen molar-refractivity contribution >= 4 is 11.7 Å². The Hall–Kier alpha value is -1.69. The molecule has 23 heavy (non-hydrogen) atoms. The van der Waals surface area contributed by atoms with E-state index >= 15 is 0 Å².